The summed E-state index contributed by atoms with van der Waals surface area (Å²) in [5.41, 5.74) is 2.91. The molecule has 11 heteroatoms. The van der Waals surface area contributed by atoms with Gasteiger partial charge in [0.1, 0.15) is 0 Å². The Morgan fingerprint density at radius 1 is 1.08 bits per heavy atom. The number of fused-ring (bicyclic) bond motifs is 1. The molecule has 0 aliphatic carbocycles. The van der Waals surface area contributed by atoms with E-state index in [-0.39, 0.29) is 6.03 Å². The molecule has 0 atom stereocenters. The second-order valence-electron chi connectivity index (χ2n) is 8.76. The van der Waals surface area contributed by atoms with E-state index in [2.05, 4.69) is 22.4 Å². The Balaban J connectivity index is 0.000000658. The van der Waals surface area contributed by atoms with Crippen LogP contribution >= 0.6 is 0 Å². The number of carbonyl (C=O) groups is 1. The van der Waals surface area contributed by atoms with Crippen LogP contribution in [0.25, 0.3) is 10.9 Å². The Labute approximate surface area is 211 Å². The number of piperidine rings is 1. The molecule has 1 fully saturated rings. The molecule has 0 unspecified atom stereocenters. The van der Waals surface area contributed by atoms with Gasteiger partial charge >= 0.3 is 16.4 Å². The van der Waals surface area contributed by atoms with Crippen LogP contribution in [0.3, 0.4) is 0 Å². The monoisotopic (exact) mass is 516 g/mol. The van der Waals surface area contributed by atoms with Crippen molar-refractivity contribution in [2.45, 2.75) is 38.7 Å². The lowest BCUT2D eigenvalue weighted by Gasteiger charge is -2.42. The lowest BCUT2D eigenvalue weighted by atomic mass is 9.86. The fourth-order valence-corrected chi connectivity index (χ4v) is 4.37. The number of hydrogen-bond acceptors (Lipinski definition) is 6. The van der Waals surface area contributed by atoms with Crippen molar-refractivity contribution in [3.8, 4) is 0 Å². The van der Waals surface area contributed by atoms with Crippen LogP contribution in [0.15, 0.2) is 60.7 Å². The maximum absolute atomic E-state index is 13.1. The number of amides is 2. The first-order valence-electron chi connectivity index (χ1n) is 11.6. The predicted octanol–water partition coefficient (Wildman–Crippen LogP) is 3.73. The number of nitrogens with one attached hydrogen (secondary N) is 1. The number of aliphatic hydroxyl groups is 1. The molecule has 2 aromatic carbocycles. The minimum absolute atomic E-state index is 0.160. The second-order valence-corrected chi connectivity index (χ2v) is 9.66. The highest BCUT2D eigenvalue weighted by molar-refractivity contribution is 7.79. The van der Waals surface area contributed by atoms with Crippen LogP contribution in [0, 0.1) is 6.92 Å². The van der Waals surface area contributed by atoms with Crippen molar-refractivity contribution >= 4 is 33.0 Å². The smallest absolute Gasteiger partial charge is 0.389 e. The summed E-state index contributed by atoms with van der Waals surface area (Å²) in [4.78, 5) is 17.7. The number of carbonyl (C=O) groups excluding carboxylic acids is 1. The van der Waals surface area contributed by atoms with Crippen LogP contribution < -0.4 is 5.32 Å². The summed E-state index contributed by atoms with van der Waals surface area (Å²) in [6, 6.07) is 19.7. The average molecular weight is 517 g/mol. The number of aromatic nitrogens is 1. The third-order valence-electron chi connectivity index (χ3n) is 6.01. The molecule has 0 spiro atoms. The van der Waals surface area contributed by atoms with E-state index in [9.17, 15) is 9.90 Å². The fourth-order valence-electron chi connectivity index (χ4n) is 4.37. The summed E-state index contributed by atoms with van der Waals surface area (Å²) in [6.45, 7) is 5.74. The number of anilines is 1. The Morgan fingerprint density at radius 2 is 1.67 bits per heavy atom. The highest BCUT2D eigenvalue weighted by atomic mass is 32.3. The molecular weight excluding hydrogens is 484 g/mol. The SMILES string of the molecule is CCN(C(=O)Nc1cc(C)nc2ccccc12)N1CCC(O)(Cc2ccccc2)CC1.O=S(=O)(O)O. The molecule has 2 heterocycles. The first-order valence-corrected chi connectivity index (χ1v) is 13.0. The average Bonchev–Trinajstić information content (AvgIpc) is 2.80. The van der Waals surface area contributed by atoms with E-state index in [1.54, 1.807) is 5.01 Å². The van der Waals surface area contributed by atoms with Crippen LogP contribution in [-0.2, 0) is 16.8 Å². The molecule has 0 saturated carbocycles. The van der Waals surface area contributed by atoms with Gasteiger partial charge in [-0.15, -0.1) is 0 Å². The van der Waals surface area contributed by atoms with Crippen LogP contribution in [0.5, 0.6) is 0 Å². The molecule has 36 heavy (non-hydrogen) atoms. The number of hydrazine groups is 1. The zero-order chi connectivity index (χ0) is 26.3. The van der Waals surface area contributed by atoms with Gasteiger partial charge in [0.05, 0.1) is 16.8 Å². The van der Waals surface area contributed by atoms with Gasteiger partial charge in [0, 0.05) is 37.1 Å². The lowest BCUT2D eigenvalue weighted by Crippen LogP contribution is -2.55. The fraction of sp³-hybridized carbons (Fsp3) is 0.360. The summed E-state index contributed by atoms with van der Waals surface area (Å²) < 4.78 is 31.6. The minimum Gasteiger partial charge on any atom is -0.389 e. The number of aryl methyl sites for hydroxylation is 1. The molecule has 10 nitrogen and oxygen atoms in total. The van der Waals surface area contributed by atoms with Crippen molar-refractivity contribution in [2.24, 2.45) is 0 Å². The molecule has 3 aromatic rings. The highest BCUT2D eigenvalue weighted by Crippen LogP contribution is 2.28. The van der Waals surface area contributed by atoms with Gasteiger partial charge < -0.3 is 10.4 Å². The normalized spacial score (nSPS) is 15.6. The first kappa shape index (κ1) is 27.5. The summed E-state index contributed by atoms with van der Waals surface area (Å²) >= 11 is 0. The van der Waals surface area contributed by atoms with Gasteiger partial charge in [0.25, 0.3) is 0 Å². The number of hydrogen-bond donors (Lipinski definition) is 4. The maximum atomic E-state index is 13.1. The quantitative estimate of drug-likeness (QED) is 0.376. The Morgan fingerprint density at radius 3 is 2.28 bits per heavy atom. The number of benzene rings is 2. The molecule has 2 amide bonds. The van der Waals surface area contributed by atoms with Gasteiger partial charge in [-0.25, -0.2) is 9.80 Å². The largest absolute Gasteiger partial charge is 0.394 e. The van der Waals surface area contributed by atoms with Gasteiger partial charge in [-0.3, -0.25) is 19.1 Å². The molecular formula is C25H32N4O6S. The first-order chi connectivity index (χ1) is 17.0. The van der Waals surface area contributed by atoms with Crippen LogP contribution in [0.1, 0.15) is 31.0 Å². The van der Waals surface area contributed by atoms with E-state index in [1.807, 2.05) is 67.4 Å². The number of rotatable bonds is 5. The van der Waals surface area contributed by atoms with E-state index in [4.69, 9.17) is 17.5 Å². The summed E-state index contributed by atoms with van der Waals surface area (Å²) in [5, 5.41) is 18.9. The molecule has 4 rings (SSSR count). The van der Waals surface area contributed by atoms with E-state index < -0.39 is 16.0 Å². The van der Waals surface area contributed by atoms with Crippen molar-refractivity contribution in [3.05, 3.63) is 71.9 Å². The third-order valence-corrected chi connectivity index (χ3v) is 6.01. The number of nitrogens with zero attached hydrogens (tertiary/aromatic N) is 3. The van der Waals surface area contributed by atoms with E-state index in [1.165, 1.54) is 0 Å². The molecule has 1 saturated heterocycles. The van der Waals surface area contributed by atoms with Crippen LogP contribution in [-0.4, -0.2) is 68.9 Å². The third kappa shape index (κ3) is 7.97. The molecule has 4 N–H and O–H groups in total. The van der Waals surface area contributed by atoms with Crippen LogP contribution in [0.2, 0.25) is 0 Å². The zero-order valence-corrected chi connectivity index (χ0v) is 21.1. The van der Waals surface area contributed by atoms with Crippen molar-refractivity contribution in [1.82, 2.24) is 15.0 Å². The molecule has 1 aliphatic rings. The summed E-state index contributed by atoms with van der Waals surface area (Å²) in [5.74, 6) is 0. The standard InChI is InChI=1S/C25H30N4O2.H2O4S/c1-3-29(24(30)27-23-17-19(2)26-22-12-8-7-11-21(22)23)28-15-13-25(31,14-16-28)18-20-9-5-4-6-10-20;1-5(2,3)4/h4-12,17,31H,3,13-16,18H2,1-2H3,(H,26,27,30);(H2,1,2,3,4). The number of para-hydroxylation sites is 1. The molecule has 1 aromatic heterocycles. The molecule has 0 bridgehead atoms. The summed E-state index contributed by atoms with van der Waals surface area (Å²) in [7, 11) is -4.67. The predicted molar refractivity (Wildman–Crippen MR) is 138 cm³/mol. The van der Waals surface area contributed by atoms with Gasteiger partial charge in [0.2, 0.25) is 0 Å². The number of urea groups is 1. The van der Waals surface area contributed by atoms with Gasteiger partial charge in [-0.2, -0.15) is 8.42 Å². The molecule has 1 aliphatic heterocycles. The zero-order valence-electron chi connectivity index (χ0n) is 20.3. The van der Waals surface area contributed by atoms with Crippen molar-refractivity contribution in [3.63, 3.8) is 0 Å². The van der Waals surface area contributed by atoms with Crippen molar-refractivity contribution in [1.29, 1.82) is 0 Å². The van der Waals surface area contributed by atoms with Gasteiger partial charge in [0.15, 0.2) is 0 Å². The van der Waals surface area contributed by atoms with Crippen molar-refractivity contribution < 1.29 is 27.4 Å². The van der Waals surface area contributed by atoms with E-state index in [0.717, 1.165) is 27.8 Å². The Kier molecular flexibility index (Phi) is 8.98. The van der Waals surface area contributed by atoms with Gasteiger partial charge in [-0.05, 0) is 44.4 Å². The topological polar surface area (TPSA) is 143 Å². The molecule has 194 valence electrons. The Bertz CT molecular complexity index is 1270. The van der Waals surface area contributed by atoms with Crippen molar-refractivity contribution in [2.75, 3.05) is 25.0 Å². The van der Waals surface area contributed by atoms with Crippen LogP contribution in [0.4, 0.5) is 10.5 Å². The maximum Gasteiger partial charge on any atom is 0.394 e. The molecule has 0 radical (unpaired) electrons. The number of pyridine rings is 1. The summed E-state index contributed by atoms with van der Waals surface area (Å²) in [6.07, 6.45) is 1.90. The Hall–Kier alpha value is -3.09. The van der Waals surface area contributed by atoms with Gasteiger partial charge in [-0.1, -0.05) is 48.5 Å². The lowest BCUT2D eigenvalue weighted by molar-refractivity contribution is -0.0753. The van der Waals surface area contributed by atoms with E-state index >= 15 is 0 Å². The minimum atomic E-state index is -4.67. The van der Waals surface area contributed by atoms with E-state index in [0.29, 0.717) is 38.9 Å². The second kappa shape index (κ2) is 11.8. The highest BCUT2D eigenvalue weighted by Gasteiger charge is 2.35.